The second-order valence-corrected chi connectivity index (χ2v) is 7.45. The molecule has 3 rings (SSSR count). The number of carbonyl (C=O) groups excluding carboxylic acids is 1. The Kier molecular flexibility index (Phi) is 5.08. The fraction of sp³-hybridized carbons (Fsp3) is 0.211. The van der Waals surface area contributed by atoms with Gasteiger partial charge in [0.15, 0.2) is 5.17 Å². The van der Waals surface area contributed by atoms with Gasteiger partial charge < -0.3 is 10.4 Å². The van der Waals surface area contributed by atoms with Crippen molar-refractivity contribution >= 4 is 28.8 Å². The lowest BCUT2D eigenvalue weighted by Gasteiger charge is -2.20. The maximum absolute atomic E-state index is 12.9. The van der Waals surface area contributed by atoms with Crippen LogP contribution in [0, 0.1) is 5.82 Å². The molecule has 1 amide bonds. The van der Waals surface area contributed by atoms with Crippen LogP contribution in [0.15, 0.2) is 53.5 Å². The quantitative estimate of drug-likeness (QED) is 0.843. The predicted octanol–water partition coefficient (Wildman–Crippen LogP) is 3.20. The zero-order valence-corrected chi connectivity index (χ0v) is 14.8. The first-order valence-corrected chi connectivity index (χ1v) is 8.84. The molecule has 0 bridgehead atoms. The molecule has 0 aliphatic carbocycles. The minimum atomic E-state index is -1.01. The summed E-state index contributed by atoms with van der Waals surface area (Å²) in [4.78, 5) is 27.4. The SMILES string of the molecule is C[C@@]1(c2ccc(C(=O)O)cc2)SC(NCCc2ccc(F)cc2)=NC1=O. The number of hydrogen-bond donors (Lipinski definition) is 2. The van der Waals surface area contributed by atoms with E-state index in [2.05, 4.69) is 10.3 Å². The van der Waals surface area contributed by atoms with Gasteiger partial charge in [0, 0.05) is 6.54 Å². The van der Waals surface area contributed by atoms with Crippen molar-refractivity contribution in [2.45, 2.75) is 18.1 Å². The van der Waals surface area contributed by atoms with Crippen LogP contribution >= 0.6 is 11.8 Å². The third-order valence-corrected chi connectivity index (χ3v) is 5.45. The first-order chi connectivity index (χ1) is 12.4. The average Bonchev–Trinajstić information content (AvgIpc) is 2.92. The summed E-state index contributed by atoms with van der Waals surface area (Å²) < 4.78 is 12.0. The largest absolute Gasteiger partial charge is 0.478 e. The Hall–Kier alpha value is -2.67. The minimum absolute atomic E-state index is 0.173. The molecular weight excluding hydrogens is 355 g/mol. The van der Waals surface area contributed by atoms with Crippen LogP contribution in [-0.2, 0) is 16.0 Å². The van der Waals surface area contributed by atoms with Crippen molar-refractivity contribution in [1.82, 2.24) is 5.32 Å². The molecule has 0 saturated heterocycles. The second-order valence-electron chi connectivity index (χ2n) is 6.04. The number of halogens is 1. The summed E-state index contributed by atoms with van der Waals surface area (Å²) in [5, 5.41) is 12.6. The number of aromatic carboxylic acids is 1. The van der Waals surface area contributed by atoms with E-state index in [0.29, 0.717) is 23.7 Å². The normalized spacial score (nSPS) is 19.3. The van der Waals surface area contributed by atoms with Gasteiger partial charge in [0.2, 0.25) is 0 Å². The summed E-state index contributed by atoms with van der Waals surface area (Å²) in [5.74, 6) is -1.56. The first-order valence-electron chi connectivity index (χ1n) is 8.03. The molecule has 0 aromatic heterocycles. The van der Waals surface area contributed by atoms with Gasteiger partial charge in [-0.05, 0) is 48.7 Å². The van der Waals surface area contributed by atoms with Crippen LogP contribution in [0.5, 0.6) is 0 Å². The highest BCUT2D eigenvalue weighted by molar-refractivity contribution is 8.15. The van der Waals surface area contributed by atoms with Gasteiger partial charge >= 0.3 is 5.97 Å². The van der Waals surface area contributed by atoms with Crippen molar-refractivity contribution in [2.24, 2.45) is 4.99 Å². The van der Waals surface area contributed by atoms with Gasteiger partial charge in [0.1, 0.15) is 10.6 Å². The topological polar surface area (TPSA) is 78.8 Å². The van der Waals surface area contributed by atoms with Gasteiger partial charge in [-0.15, -0.1) is 0 Å². The highest BCUT2D eigenvalue weighted by atomic mass is 32.2. The van der Waals surface area contributed by atoms with Crippen LogP contribution in [0.2, 0.25) is 0 Å². The molecule has 0 saturated carbocycles. The van der Waals surface area contributed by atoms with Crippen LogP contribution < -0.4 is 5.32 Å². The zero-order chi connectivity index (χ0) is 18.7. The minimum Gasteiger partial charge on any atom is -0.478 e. The molecule has 5 nitrogen and oxygen atoms in total. The molecule has 1 atom stereocenters. The van der Waals surface area contributed by atoms with Gasteiger partial charge in [-0.25, -0.2) is 9.18 Å². The number of nitrogens with zero attached hydrogens (tertiary/aromatic N) is 1. The monoisotopic (exact) mass is 372 g/mol. The molecule has 1 heterocycles. The van der Waals surface area contributed by atoms with Gasteiger partial charge in [0.25, 0.3) is 5.91 Å². The van der Waals surface area contributed by atoms with E-state index in [4.69, 9.17) is 5.11 Å². The molecule has 2 aromatic carbocycles. The fourth-order valence-corrected chi connectivity index (χ4v) is 3.69. The van der Waals surface area contributed by atoms with E-state index < -0.39 is 10.7 Å². The van der Waals surface area contributed by atoms with Crippen LogP contribution in [-0.4, -0.2) is 28.7 Å². The summed E-state index contributed by atoms with van der Waals surface area (Å²) >= 11 is 1.31. The molecule has 7 heteroatoms. The lowest BCUT2D eigenvalue weighted by atomic mass is 9.98. The Morgan fingerprint density at radius 2 is 1.85 bits per heavy atom. The number of amidine groups is 1. The molecule has 0 unspecified atom stereocenters. The van der Waals surface area contributed by atoms with Gasteiger partial charge in [-0.2, -0.15) is 4.99 Å². The molecule has 1 aliphatic rings. The van der Waals surface area contributed by atoms with Gasteiger partial charge in [-0.1, -0.05) is 36.0 Å². The predicted molar refractivity (Wildman–Crippen MR) is 98.9 cm³/mol. The summed E-state index contributed by atoms with van der Waals surface area (Å²) in [5.41, 5.74) is 1.86. The van der Waals surface area contributed by atoms with Crippen molar-refractivity contribution < 1.29 is 19.1 Å². The Morgan fingerprint density at radius 1 is 1.19 bits per heavy atom. The number of benzene rings is 2. The van der Waals surface area contributed by atoms with Crippen LogP contribution in [0.25, 0.3) is 0 Å². The van der Waals surface area contributed by atoms with Crippen molar-refractivity contribution in [3.63, 3.8) is 0 Å². The Bertz CT molecular complexity index is 865. The van der Waals surface area contributed by atoms with Gasteiger partial charge in [0.05, 0.1) is 5.56 Å². The van der Waals surface area contributed by atoms with E-state index in [1.807, 2.05) is 0 Å². The zero-order valence-electron chi connectivity index (χ0n) is 14.0. The summed E-state index contributed by atoms with van der Waals surface area (Å²) in [6.07, 6.45) is 0.679. The van der Waals surface area contributed by atoms with Crippen molar-refractivity contribution in [3.05, 3.63) is 71.0 Å². The van der Waals surface area contributed by atoms with Crippen molar-refractivity contribution in [3.8, 4) is 0 Å². The third kappa shape index (κ3) is 3.77. The molecular formula is C19H17FN2O3S. The van der Waals surface area contributed by atoms with Crippen molar-refractivity contribution in [1.29, 1.82) is 0 Å². The third-order valence-electron chi connectivity index (χ3n) is 4.20. The fourth-order valence-electron chi connectivity index (χ4n) is 2.61. The van der Waals surface area contributed by atoms with Crippen molar-refractivity contribution in [2.75, 3.05) is 6.54 Å². The number of thioether (sulfide) groups is 1. The molecule has 26 heavy (non-hydrogen) atoms. The molecule has 134 valence electrons. The Morgan fingerprint density at radius 3 is 2.46 bits per heavy atom. The lowest BCUT2D eigenvalue weighted by Crippen LogP contribution is -2.26. The number of carboxylic acids is 1. The van der Waals surface area contributed by atoms with E-state index in [1.54, 1.807) is 31.2 Å². The number of amides is 1. The number of carboxylic acid groups (broad SMARTS) is 1. The van der Waals surface area contributed by atoms with Gasteiger partial charge in [-0.3, -0.25) is 4.79 Å². The molecule has 1 aliphatic heterocycles. The van der Waals surface area contributed by atoms with E-state index in [1.165, 1.54) is 36.0 Å². The number of aliphatic imine (C=N–C) groups is 1. The highest BCUT2D eigenvalue weighted by Gasteiger charge is 2.42. The number of rotatable bonds is 5. The van der Waals surface area contributed by atoms with E-state index in [0.717, 1.165) is 5.56 Å². The maximum Gasteiger partial charge on any atom is 0.335 e. The molecule has 0 radical (unpaired) electrons. The highest BCUT2D eigenvalue weighted by Crippen LogP contribution is 2.42. The lowest BCUT2D eigenvalue weighted by molar-refractivity contribution is -0.119. The summed E-state index contributed by atoms with van der Waals surface area (Å²) in [7, 11) is 0. The molecule has 0 spiro atoms. The summed E-state index contributed by atoms with van der Waals surface area (Å²) in [6, 6.07) is 12.5. The number of nitrogens with one attached hydrogen (secondary N) is 1. The molecule has 0 fully saturated rings. The van der Waals surface area contributed by atoms with E-state index >= 15 is 0 Å². The van der Waals surface area contributed by atoms with Crippen LogP contribution in [0.3, 0.4) is 0 Å². The van der Waals surface area contributed by atoms with Crippen LogP contribution in [0.1, 0.15) is 28.4 Å². The molecule has 2 aromatic rings. The second kappa shape index (κ2) is 7.29. The van der Waals surface area contributed by atoms with E-state index in [-0.39, 0.29) is 17.3 Å². The Labute approximate surface area is 154 Å². The number of hydrogen-bond acceptors (Lipinski definition) is 4. The standard InChI is InChI=1S/C19H17FN2O3S/c1-19(14-6-4-13(5-7-14)16(23)24)17(25)22-18(26-19)21-11-10-12-2-8-15(20)9-3-12/h2-9H,10-11H2,1H3,(H,23,24)(H,21,22,25)/t19-/m0/s1. The average molecular weight is 372 g/mol. The maximum atomic E-state index is 12.9. The smallest absolute Gasteiger partial charge is 0.335 e. The Balaban J connectivity index is 1.62. The van der Waals surface area contributed by atoms with E-state index in [9.17, 15) is 14.0 Å². The number of carbonyl (C=O) groups is 2. The first kappa shape index (κ1) is 18.1. The summed E-state index contributed by atoms with van der Waals surface area (Å²) in [6.45, 7) is 2.34. The van der Waals surface area contributed by atoms with Crippen LogP contribution in [0.4, 0.5) is 4.39 Å². The molecule has 2 N–H and O–H groups in total.